The molecular weight excluding hydrogens is 378 g/mol. The van der Waals surface area contributed by atoms with Gasteiger partial charge in [-0.2, -0.15) is 0 Å². The topological polar surface area (TPSA) is 76.2 Å². The number of aromatic nitrogens is 2. The monoisotopic (exact) mass is 403 g/mol. The maximum atomic E-state index is 12.9. The van der Waals surface area contributed by atoms with Crippen molar-refractivity contribution in [2.75, 3.05) is 20.8 Å². The van der Waals surface area contributed by atoms with Gasteiger partial charge in [0.05, 0.1) is 25.4 Å². The normalized spacial score (nSPS) is 11.2. The number of rotatable bonds is 6. The lowest BCUT2D eigenvalue weighted by Crippen LogP contribution is -2.28. The van der Waals surface area contributed by atoms with Crippen LogP contribution in [0.5, 0.6) is 11.5 Å². The molecule has 0 unspecified atom stereocenters. The van der Waals surface area contributed by atoms with E-state index in [1.54, 1.807) is 14.2 Å². The first kappa shape index (κ1) is 19.8. The Morgan fingerprint density at radius 1 is 1.07 bits per heavy atom. The van der Waals surface area contributed by atoms with Crippen molar-refractivity contribution in [2.24, 2.45) is 5.92 Å². The third-order valence-electron chi connectivity index (χ3n) is 5.06. The standard InChI is InChI=1S/C24H25N3O3/c1-14(2)13-25-24(28)20-12-17-16-7-5-6-8-19(16)26-22(17)23(27-20)18-11-15(29-3)9-10-21(18)30-4/h5-12,14,26H,13H2,1-4H3,(H,25,28). The van der Waals surface area contributed by atoms with Crippen molar-refractivity contribution in [1.29, 1.82) is 0 Å². The zero-order valence-corrected chi connectivity index (χ0v) is 17.6. The lowest BCUT2D eigenvalue weighted by atomic mass is 10.0. The number of aromatic amines is 1. The maximum absolute atomic E-state index is 12.9. The van der Waals surface area contributed by atoms with Crippen LogP contribution in [-0.2, 0) is 0 Å². The van der Waals surface area contributed by atoms with Crippen LogP contribution in [-0.4, -0.2) is 36.6 Å². The minimum absolute atomic E-state index is 0.195. The Morgan fingerprint density at radius 2 is 1.87 bits per heavy atom. The molecule has 0 bridgehead atoms. The summed E-state index contributed by atoms with van der Waals surface area (Å²) in [6.07, 6.45) is 0. The van der Waals surface area contributed by atoms with Gasteiger partial charge in [-0.1, -0.05) is 32.0 Å². The van der Waals surface area contributed by atoms with E-state index in [4.69, 9.17) is 14.5 Å². The Morgan fingerprint density at radius 3 is 2.60 bits per heavy atom. The second-order valence-electron chi connectivity index (χ2n) is 7.62. The largest absolute Gasteiger partial charge is 0.497 e. The van der Waals surface area contributed by atoms with Crippen molar-refractivity contribution >= 4 is 27.7 Å². The van der Waals surface area contributed by atoms with Crippen molar-refractivity contribution in [2.45, 2.75) is 13.8 Å². The second-order valence-corrected chi connectivity index (χ2v) is 7.62. The Kier molecular flexibility index (Phi) is 5.31. The molecule has 1 amide bonds. The number of pyridine rings is 1. The van der Waals surface area contributed by atoms with Gasteiger partial charge < -0.3 is 19.8 Å². The van der Waals surface area contributed by atoms with Crippen LogP contribution in [0.3, 0.4) is 0 Å². The molecule has 2 aromatic carbocycles. The number of para-hydroxylation sites is 1. The minimum atomic E-state index is -0.195. The van der Waals surface area contributed by atoms with Gasteiger partial charge in [-0.3, -0.25) is 4.79 Å². The van der Waals surface area contributed by atoms with Crippen molar-refractivity contribution in [3.63, 3.8) is 0 Å². The molecule has 6 nitrogen and oxygen atoms in total. The lowest BCUT2D eigenvalue weighted by molar-refractivity contribution is 0.0944. The first-order valence-corrected chi connectivity index (χ1v) is 9.94. The summed E-state index contributed by atoms with van der Waals surface area (Å²) in [5, 5.41) is 4.94. The van der Waals surface area contributed by atoms with E-state index in [0.29, 0.717) is 35.3 Å². The van der Waals surface area contributed by atoms with Gasteiger partial charge in [-0.25, -0.2) is 4.98 Å². The Balaban J connectivity index is 1.99. The zero-order chi connectivity index (χ0) is 21.3. The number of H-pyrrole nitrogens is 1. The minimum Gasteiger partial charge on any atom is -0.497 e. The zero-order valence-electron chi connectivity index (χ0n) is 17.6. The van der Waals surface area contributed by atoms with E-state index in [0.717, 1.165) is 27.4 Å². The average molecular weight is 403 g/mol. The SMILES string of the molecule is COc1ccc(OC)c(-c2nc(C(=O)NCC(C)C)cc3c2[nH]c2ccccc23)c1. The molecule has 0 aliphatic rings. The van der Waals surface area contributed by atoms with Gasteiger partial charge in [0.2, 0.25) is 0 Å². The Hall–Kier alpha value is -3.54. The van der Waals surface area contributed by atoms with Crippen LogP contribution in [0, 0.1) is 5.92 Å². The molecule has 0 aliphatic heterocycles. The Labute approximate surface area is 175 Å². The molecule has 0 fully saturated rings. The van der Waals surface area contributed by atoms with Crippen LogP contribution in [0.2, 0.25) is 0 Å². The van der Waals surface area contributed by atoms with Crippen molar-refractivity contribution in [3.8, 4) is 22.8 Å². The number of methoxy groups -OCH3 is 2. The smallest absolute Gasteiger partial charge is 0.269 e. The average Bonchev–Trinajstić information content (AvgIpc) is 3.15. The maximum Gasteiger partial charge on any atom is 0.269 e. The van der Waals surface area contributed by atoms with Crippen LogP contribution >= 0.6 is 0 Å². The lowest BCUT2D eigenvalue weighted by Gasteiger charge is -2.13. The number of nitrogens with zero attached hydrogens (tertiary/aromatic N) is 1. The van der Waals surface area contributed by atoms with Crippen LogP contribution < -0.4 is 14.8 Å². The highest BCUT2D eigenvalue weighted by atomic mass is 16.5. The molecule has 4 aromatic rings. The van der Waals surface area contributed by atoms with E-state index >= 15 is 0 Å². The summed E-state index contributed by atoms with van der Waals surface area (Å²) in [6, 6.07) is 15.4. The predicted octanol–water partition coefficient (Wildman–Crippen LogP) is 4.79. The molecule has 0 atom stereocenters. The molecule has 30 heavy (non-hydrogen) atoms. The summed E-state index contributed by atoms with van der Waals surface area (Å²) in [4.78, 5) is 21.1. The quantitative estimate of drug-likeness (QED) is 0.485. The second kappa shape index (κ2) is 8.06. The molecule has 154 valence electrons. The van der Waals surface area contributed by atoms with E-state index in [-0.39, 0.29) is 5.91 Å². The van der Waals surface area contributed by atoms with E-state index < -0.39 is 0 Å². The van der Waals surface area contributed by atoms with Crippen LogP contribution in [0.4, 0.5) is 0 Å². The molecule has 2 N–H and O–H groups in total. The summed E-state index contributed by atoms with van der Waals surface area (Å²) >= 11 is 0. The molecule has 2 heterocycles. The number of fused-ring (bicyclic) bond motifs is 3. The predicted molar refractivity (Wildman–Crippen MR) is 119 cm³/mol. The van der Waals surface area contributed by atoms with Gasteiger partial charge >= 0.3 is 0 Å². The number of ether oxygens (including phenoxy) is 2. The van der Waals surface area contributed by atoms with Gasteiger partial charge in [0, 0.05) is 28.4 Å². The van der Waals surface area contributed by atoms with Gasteiger partial charge in [0.15, 0.2) is 0 Å². The number of amides is 1. The van der Waals surface area contributed by atoms with Gasteiger partial charge in [0.1, 0.15) is 17.2 Å². The fourth-order valence-electron chi connectivity index (χ4n) is 3.54. The highest BCUT2D eigenvalue weighted by Gasteiger charge is 2.20. The van der Waals surface area contributed by atoms with Gasteiger partial charge in [0.25, 0.3) is 5.91 Å². The van der Waals surface area contributed by atoms with Crippen LogP contribution in [0.1, 0.15) is 24.3 Å². The molecule has 0 radical (unpaired) electrons. The Bertz CT molecular complexity index is 1230. The summed E-state index contributed by atoms with van der Waals surface area (Å²) in [7, 11) is 3.24. The number of nitrogens with one attached hydrogen (secondary N) is 2. The number of benzene rings is 2. The number of carbonyl (C=O) groups excluding carboxylic acids is 1. The summed E-state index contributed by atoms with van der Waals surface area (Å²) in [6.45, 7) is 4.70. The molecule has 0 spiro atoms. The van der Waals surface area contributed by atoms with Crippen molar-refractivity contribution in [3.05, 3.63) is 54.2 Å². The molecule has 0 saturated heterocycles. The first-order chi connectivity index (χ1) is 14.5. The van der Waals surface area contributed by atoms with Gasteiger partial charge in [-0.05, 0) is 36.2 Å². The molecule has 4 rings (SSSR count). The molecule has 6 heteroatoms. The third-order valence-corrected chi connectivity index (χ3v) is 5.06. The highest BCUT2D eigenvalue weighted by Crippen LogP contribution is 2.38. The third kappa shape index (κ3) is 3.56. The summed E-state index contributed by atoms with van der Waals surface area (Å²) in [5.74, 6) is 1.50. The fourth-order valence-corrected chi connectivity index (χ4v) is 3.54. The van der Waals surface area contributed by atoms with Crippen LogP contribution in [0.25, 0.3) is 33.1 Å². The number of carbonyl (C=O) groups is 1. The molecule has 2 aromatic heterocycles. The summed E-state index contributed by atoms with van der Waals surface area (Å²) < 4.78 is 11.0. The summed E-state index contributed by atoms with van der Waals surface area (Å²) in [5.41, 5.74) is 3.61. The molecule has 0 aliphatic carbocycles. The van der Waals surface area contributed by atoms with E-state index in [2.05, 4.69) is 24.1 Å². The number of hydrogen-bond donors (Lipinski definition) is 2. The fraction of sp³-hybridized carbons (Fsp3) is 0.250. The number of hydrogen-bond acceptors (Lipinski definition) is 4. The van der Waals surface area contributed by atoms with Crippen LogP contribution in [0.15, 0.2) is 48.5 Å². The molecule has 0 saturated carbocycles. The van der Waals surface area contributed by atoms with E-state index in [1.165, 1.54) is 0 Å². The first-order valence-electron chi connectivity index (χ1n) is 9.94. The van der Waals surface area contributed by atoms with E-state index in [9.17, 15) is 4.79 Å². The van der Waals surface area contributed by atoms with E-state index in [1.807, 2.05) is 48.5 Å². The van der Waals surface area contributed by atoms with Crippen molar-refractivity contribution < 1.29 is 14.3 Å². The molecular formula is C24H25N3O3. The van der Waals surface area contributed by atoms with Crippen molar-refractivity contribution in [1.82, 2.24) is 15.3 Å². The van der Waals surface area contributed by atoms with Gasteiger partial charge in [-0.15, -0.1) is 0 Å². The highest BCUT2D eigenvalue weighted by molar-refractivity contribution is 6.13.